The zero-order valence-corrected chi connectivity index (χ0v) is 20.5. The van der Waals surface area contributed by atoms with Crippen LogP contribution in [0.2, 0.25) is 0 Å². The maximum Gasteiger partial charge on any atom is 0.220 e. The zero-order valence-electron chi connectivity index (χ0n) is 20.5. The quantitative estimate of drug-likeness (QED) is 0.358. The molecule has 2 heterocycles. The highest BCUT2D eigenvalue weighted by molar-refractivity contribution is 6.01. The lowest BCUT2D eigenvalue weighted by Crippen LogP contribution is -2.31. The van der Waals surface area contributed by atoms with Crippen molar-refractivity contribution in [3.63, 3.8) is 0 Å². The fourth-order valence-electron chi connectivity index (χ4n) is 4.26. The maximum absolute atomic E-state index is 4.88. The number of pyridine rings is 1. The van der Waals surface area contributed by atoms with Crippen LogP contribution in [0.25, 0.3) is 33.4 Å². The van der Waals surface area contributed by atoms with Gasteiger partial charge in [0.15, 0.2) is 12.0 Å². The molecule has 0 saturated carbocycles. The molecule has 164 valence electrons. The molecule has 0 unspecified atom stereocenters. The monoisotopic (exact) mass is 425 g/mol. The minimum atomic E-state index is 0.246. The first-order chi connectivity index (χ1) is 15.2. The second kappa shape index (κ2) is 8.42. The molecule has 2 aromatic carbocycles. The number of rotatable bonds is 4. The summed E-state index contributed by atoms with van der Waals surface area (Å²) in [6.45, 7) is 15.1. The first kappa shape index (κ1) is 22.1. The van der Waals surface area contributed by atoms with Crippen molar-refractivity contribution in [3.8, 4) is 22.6 Å². The van der Waals surface area contributed by atoms with E-state index in [1.807, 2.05) is 0 Å². The van der Waals surface area contributed by atoms with Crippen molar-refractivity contribution in [3.05, 3.63) is 70.9 Å². The molecule has 0 N–H and O–H groups in total. The van der Waals surface area contributed by atoms with E-state index in [4.69, 9.17) is 15.0 Å². The molecule has 0 bridgehead atoms. The number of fused-ring (bicyclic) bond motifs is 1. The molecule has 0 amide bonds. The predicted molar refractivity (Wildman–Crippen MR) is 132 cm³/mol. The van der Waals surface area contributed by atoms with E-state index in [1.54, 1.807) is 0 Å². The minimum absolute atomic E-state index is 0.246. The van der Waals surface area contributed by atoms with Gasteiger partial charge in [0.05, 0.1) is 10.9 Å². The summed E-state index contributed by atoms with van der Waals surface area (Å²) in [5, 5.41) is 2.37. The third-order valence-corrected chi connectivity index (χ3v) is 6.19. The summed E-state index contributed by atoms with van der Waals surface area (Å²) >= 11 is 0. The van der Waals surface area contributed by atoms with E-state index in [9.17, 15) is 0 Å². The van der Waals surface area contributed by atoms with Gasteiger partial charge in [0.1, 0.15) is 18.7 Å². The van der Waals surface area contributed by atoms with Crippen molar-refractivity contribution in [2.75, 3.05) is 0 Å². The Morgan fingerprint density at radius 3 is 2.03 bits per heavy atom. The van der Waals surface area contributed by atoms with Gasteiger partial charge in [-0.25, -0.2) is 19.5 Å². The lowest BCUT2D eigenvalue weighted by atomic mass is 9.93. The van der Waals surface area contributed by atoms with Gasteiger partial charge in [-0.2, -0.15) is 0 Å². The molecule has 32 heavy (non-hydrogen) atoms. The summed E-state index contributed by atoms with van der Waals surface area (Å²) < 4.78 is 2.22. The van der Waals surface area contributed by atoms with E-state index in [0.717, 1.165) is 28.4 Å². The van der Waals surface area contributed by atoms with Gasteiger partial charge in [-0.1, -0.05) is 51.5 Å². The third kappa shape index (κ3) is 3.90. The molecule has 4 nitrogen and oxygen atoms in total. The molecule has 0 spiro atoms. The van der Waals surface area contributed by atoms with Crippen LogP contribution in [0, 0.1) is 20.8 Å². The van der Waals surface area contributed by atoms with Gasteiger partial charge >= 0.3 is 0 Å². The highest BCUT2D eigenvalue weighted by Crippen LogP contribution is 2.34. The summed E-state index contributed by atoms with van der Waals surface area (Å²) in [5.41, 5.74) is 7.45. The summed E-state index contributed by atoms with van der Waals surface area (Å²) in [4.78, 5) is 14.5. The smallest absolute Gasteiger partial charge is 0.217 e. The topological polar surface area (TPSA) is 42.6 Å². The van der Waals surface area contributed by atoms with E-state index >= 15 is 0 Å². The molecule has 0 aliphatic heterocycles. The van der Waals surface area contributed by atoms with Crippen molar-refractivity contribution in [1.82, 2.24) is 15.0 Å². The maximum atomic E-state index is 4.88. The number of benzene rings is 2. The van der Waals surface area contributed by atoms with Gasteiger partial charge in [-0.05, 0) is 44.0 Å². The minimum Gasteiger partial charge on any atom is -0.217 e. The molecule has 2 aromatic heterocycles. The van der Waals surface area contributed by atoms with E-state index in [0.29, 0.717) is 0 Å². The van der Waals surface area contributed by atoms with Gasteiger partial charge in [-0.15, -0.1) is 0 Å². The molecule has 0 saturated heterocycles. The predicted octanol–water partition coefficient (Wildman–Crippen LogP) is 6.36. The summed E-state index contributed by atoms with van der Waals surface area (Å²) in [5.74, 6) is 2.95. The zero-order chi connectivity index (χ0) is 23.2. The van der Waals surface area contributed by atoms with Crippen LogP contribution in [0.1, 0.15) is 67.9 Å². The number of aryl methyl sites for hydroxylation is 3. The Morgan fingerprint density at radius 1 is 0.750 bits per heavy atom. The van der Waals surface area contributed by atoms with Gasteiger partial charge in [0.25, 0.3) is 0 Å². The molecule has 0 aliphatic carbocycles. The SMILES string of the molecule is Cc1cc(C)c(C)c(-c2c3cccc(-c4nc(C(C)C)nc(C(C)C)n4)c3cc[n+]2C)c1. The number of aromatic nitrogens is 4. The fraction of sp³-hybridized carbons (Fsp3) is 0.357. The molecule has 4 aromatic rings. The third-order valence-electron chi connectivity index (χ3n) is 6.19. The van der Waals surface area contributed by atoms with Crippen LogP contribution < -0.4 is 4.57 Å². The normalized spacial score (nSPS) is 11.7. The summed E-state index contributed by atoms with van der Waals surface area (Å²) in [6, 6.07) is 13.2. The van der Waals surface area contributed by atoms with Crippen molar-refractivity contribution < 1.29 is 4.57 Å². The van der Waals surface area contributed by atoms with Crippen LogP contribution in [0.3, 0.4) is 0 Å². The molecular formula is C28H33N4+. The van der Waals surface area contributed by atoms with Gasteiger partial charge < -0.3 is 0 Å². The second-order valence-corrected chi connectivity index (χ2v) is 9.48. The Kier molecular flexibility index (Phi) is 5.81. The first-order valence-corrected chi connectivity index (χ1v) is 11.4. The van der Waals surface area contributed by atoms with Crippen LogP contribution in [0.5, 0.6) is 0 Å². The second-order valence-electron chi connectivity index (χ2n) is 9.48. The van der Waals surface area contributed by atoms with E-state index in [1.165, 1.54) is 33.3 Å². The highest BCUT2D eigenvalue weighted by Gasteiger charge is 2.21. The summed E-state index contributed by atoms with van der Waals surface area (Å²) in [6.07, 6.45) is 2.15. The van der Waals surface area contributed by atoms with Gasteiger partial charge in [0.2, 0.25) is 5.69 Å². The largest absolute Gasteiger partial charge is 0.220 e. The average molecular weight is 426 g/mol. The van der Waals surface area contributed by atoms with Crippen LogP contribution in [0.15, 0.2) is 42.6 Å². The van der Waals surface area contributed by atoms with Crippen LogP contribution in [0.4, 0.5) is 0 Å². The molecule has 0 fully saturated rings. The fourth-order valence-corrected chi connectivity index (χ4v) is 4.26. The molecule has 4 heteroatoms. The number of nitrogens with zero attached hydrogens (tertiary/aromatic N) is 4. The van der Waals surface area contributed by atoms with Crippen molar-refractivity contribution in [2.24, 2.45) is 7.05 Å². The highest BCUT2D eigenvalue weighted by atomic mass is 15.0. The van der Waals surface area contributed by atoms with Crippen molar-refractivity contribution in [1.29, 1.82) is 0 Å². The molecule has 0 radical (unpaired) electrons. The lowest BCUT2D eigenvalue weighted by molar-refractivity contribution is -0.659. The number of hydrogen-bond acceptors (Lipinski definition) is 3. The lowest BCUT2D eigenvalue weighted by Gasteiger charge is -2.14. The standard InChI is InChI=1S/C28H33N4/c1-16(2)26-29-27(17(3)4)31-28(30-26)23-11-9-10-22-21(23)12-13-32(8)25(22)24-15-18(5)14-19(6)20(24)7/h9-17H,1-8H3/q+1. The summed E-state index contributed by atoms with van der Waals surface area (Å²) in [7, 11) is 2.12. The average Bonchev–Trinajstić information content (AvgIpc) is 2.75. The molecule has 0 aliphatic rings. The Bertz CT molecular complexity index is 1290. The van der Waals surface area contributed by atoms with Gasteiger partial charge in [0, 0.05) is 28.9 Å². The Labute approximate surface area is 191 Å². The van der Waals surface area contributed by atoms with Crippen LogP contribution >= 0.6 is 0 Å². The first-order valence-electron chi connectivity index (χ1n) is 11.4. The van der Waals surface area contributed by atoms with E-state index in [2.05, 4.69) is 103 Å². The molecule has 4 rings (SSSR count). The van der Waals surface area contributed by atoms with E-state index < -0.39 is 0 Å². The molecular weight excluding hydrogens is 392 g/mol. The Morgan fingerprint density at radius 2 is 1.41 bits per heavy atom. The molecule has 0 atom stereocenters. The Balaban J connectivity index is 2.03. The van der Waals surface area contributed by atoms with Gasteiger partial charge in [-0.3, -0.25) is 0 Å². The Hall–Kier alpha value is -3.14. The number of hydrogen-bond donors (Lipinski definition) is 0. The van der Waals surface area contributed by atoms with Crippen molar-refractivity contribution >= 4 is 10.8 Å². The van der Waals surface area contributed by atoms with Crippen LogP contribution in [-0.4, -0.2) is 15.0 Å². The van der Waals surface area contributed by atoms with E-state index in [-0.39, 0.29) is 11.8 Å². The van der Waals surface area contributed by atoms with Crippen LogP contribution in [-0.2, 0) is 7.05 Å². The van der Waals surface area contributed by atoms with Crippen molar-refractivity contribution in [2.45, 2.75) is 60.3 Å².